The molecular formula is C29H31N3O4. The molecule has 0 spiro atoms. The molecule has 1 unspecified atom stereocenters. The molecule has 1 atom stereocenters. The summed E-state index contributed by atoms with van der Waals surface area (Å²) < 4.78 is 10.2. The van der Waals surface area contributed by atoms with Crippen LogP contribution in [0.2, 0.25) is 0 Å². The summed E-state index contributed by atoms with van der Waals surface area (Å²) >= 11 is 0. The van der Waals surface area contributed by atoms with Gasteiger partial charge in [-0.15, -0.1) is 0 Å². The van der Waals surface area contributed by atoms with E-state index in [1.54, 1.807) is 12.1 Å². The lowest BCUT2D eigenvalue weighted by atomic mass is 9.96. The monoisotopic (exact) mass is 485 g/mol. The zero-order valence-electron chi connectivity index (χ0n) is 20.7. The topological polar surface area (TPSA) is 71.4 Å². The van der Waals surface area contributed by atoms with Crippen molar-refractivity contribution in [3.05, 3.63) is 77.9 Å². The Morgan fingerprint density at radius 2 is 1.67 bits per heavy atom. The number of amides is 1. The number of likely N-dealkylation sites (tertiary alicyclic amines) is 1. The summed E-state index contributed by atoms with van der Waals surface area (Å²) in [4.78, 5) is 27.5. The number of hydrazone groups is 1. The maximum Gasteiger partial charge on any atom is 0.308 e. The predicted molar refractivity (Wildman–Crippen MR) is 139 cm³/mol. The quantitative estimate of drug-likeness (QED) is 0.484. The van der Waals surface area contributed by atoms with Crippen molar-refractivity contribution in [3.63, 3.8) is 0 Å². The van der Waals surface area contributed by atoms with Gasteiger partial charge in [0.1, 0.15) is 5.75 Å². The molecule has 3 aromatic carbocycles. The molecule has 0 saturated carbocycles. The van der Waals surface area contributed by atoms with E-state index >= 15 is 0 Å². The van der Waals surface area contributed by atoms with Crippen LogP contribution in [0.15, 0.2) is 71.8 Å². The van der Waals surface area contributed by atoms with Crippen molar-refractivity contribution >= 4 is 28.4 Å². The van der Waals surface area contributed by atoms with E-state index in [0.29, 0.717) is 32.4 Å². The van der Waals surface area contributed by atoms with Crippen LogP contribution in [0.5, 0.6) is 5.75 Å². The van der Waals surface area contributed by atoms with E-state index in [9.17, 15) is 9.59 Å². The van der Waals surface area contributed by atoms with E-state index in [2.05, 4.69) is 35.2 Å². The molecule has 186 valence electrons. The number of ether oxygens (including phenoxy) is 2. The molecule has 3 aromatic rings. The minimum absolute atomic E-state index is 0.0388. The number of hydrogen-bond acceptors (Lipinski definition) is 6. The Labute approximate surface area is 211 Å². The van der Waals surface area contributed by atoms with E-state index in [-0.39, 0.29) is 30.4 Å². The average molecular weight is 486 g/mol. The van der Waals surface area contributed by atoms with Gasteiger partial charge in [-0.2, -0.15) is 5.10 Å². The fourth-order valence-corrected chi connectivity index (χ4v) is 5.13. The number of carbonyl (C=O) groups excluding carboxylic acids is 2. The Bertz CT molecular complexity index is 1280. The molecule has 2 heterocycles. The Morgan fingerprint density at radius 3 is 2.36 bits per heavy atom. The van der Waals surface area contributed by atoms with Crippen LogP contribution in [0.3, 0.4) is 0 Å². The summed E-state index contributed by atoms with van der Waals surface area (Å²) in [5, 5.41) is 8.83. The molecule has 1 amide bonds. The average Bonchev–Trinajstić information content (AvgIpc) is 3.38. The van der Waals surface area contributed by atoms with Crippen LogP contribution < -0.4 is 4.74 Å². The lowest BCUT2D eigenvalue weighted by molar-refractivity contribution is -0.147. The third kappa shape index (κ3) is 4.97. The SMILES string of the molecule is COC(=O)C1CCN(CC(=O)N2N=C(c3ccc4ccccc4c3)CC2c2ccc(OC)cc2)CC1. The smallest absolute Gasteiger partial charge is 0.308 e. The van der Waals surface area contributed by atoms with Gasteiger partial charge in [0.25, 0.3) is 5.91 Å². The standard InChI is InChI=1S/C29H31N3O4/c1-35-25-11-9-21(10-12-25)27-18-26(24-8-7-20-5-3-4-6-23(20)17-24)30-32(27)28(33)19-31-15-13-22(14-16-31)29(34)36-2/h3-12,17,22,27H,13-16,18-19H2,1-2H3. The van der Waals surface area contributed by atoms with Gasteiger partial charge in [0.2, 0.25) is 0 Å². The Morgan fingerprint density at radius 1 is 0.944 bits per heavy atom. The second-order valence-electron chi connectivity index (χ2n) is 9.41. The van der Waals surface area contributed by atoms with Crippen LogP contribution in [0.1, 0.15) is 36.4 Å². The molecule has 0 radical (unpaired) electrons. The zero-order chi connectivity index (χ0) is 25.1. The fourth-order valence-electron chi connectivity index (χ4n) is 5.13. The number of esters is 1. The maximum atomic E-state index is 13.5. The summed E-state index contributed by atoms with van der Waals surface area (Å²) in [6.07, 6.45) is 2.04. The first-order valence-corrected chi connectivity index (χ1v) is 12.4. The number of nitrogens with zero attached hydrogens (tertiary/aromatic N) is 3. The van der Waals surface area contributed by atoms with Gasteiger partial charge < -0.3 is 9.47 Å². The van der Waals surface area contributed by atoms with Crippen molar-refractivity contribution in [1.82, 2.24) is 9.91 Å². The van der Waals surface area contributed by atoms with Crippen LogP contribution in [0, 0.1) is 5.92 Å². The van der Waals surface area contributed by atoms with Gasteiger partial charge in [0.05, 0.1) is 38.4 Å². The van der Waals surface area contributed by atoms with E-state index in [1.807, 2.05) is 36.4 Å². The van der Waals surface area contributed by atoms with Crippen molar-refractivity contribution < 1.29 is 19.1 Å². The summed E-state index contributed by atoms with van der Waals surface area (Å²) in [7, 11) is 3.07. The third-order valence-electron chi connectivity index (χ3n) is 7.23. The van der Waals surface area contributed by atoms with Gasteiger partial charge in [0.15, 0.2) is 0 Å². The summed E-state index contributed by atoms with van der Waals surface area (Å²) in [5.74, 6) is 0.490. The van der Waals surface area contributed by atoms with Crippen LogP contribution in [-0.2, 0) is 14.3 Å². The molecule has 0 aromatic heterocycles. The Kier molecular flexibility index (Phi) is 7.00. The molecule has 7 heteroatoms. The molecule has 2 aliphatic rings. The molecule has 36 heavy (non-hydrogen) atoms. The number of methoxy groups -OCH3 is 2. The zero-order valence-corrected chi connectivity index (χ0v) is 20.7. The van der Waals surface area contributed by atoms with Gasteiger partial charge >= 0.3 is 5.97 Å². The van der Waals surface area contributed by atoms with Crippen LogP contribution in [0.4, 0.5) is 0 Å². The van der Waals surface area contributed by atoms with E-state index in [4.69, 9.17) is 14.6 Å². The normalized spacial score (nSPS) is 18.8. The number of rotatable bonds is 6. The highest BCUT2D eigenvalue weighted by atomic mass is 16.5. The van der Waals surface area contributed by atoms with Crippen molar-refractivity contribution in [2.75, 3.05) is 33.9 Å². The first kappa shape index (κ1) is 24.0. The highest BCUT2D eigenvalue weighted by Gasteiger charge is 2.35. The van der Waals surface area contributed by atoms with Crippen molar-refractivity contribution in [2.45, 2.75) is 25.3 Å². The third-order valence-corrected chi connectivity index (χ3v) is 7.23. The highest BCUT2D eigenvalue weighted by molar-refractivity contribution is 6.05. The Hall–Kier alpha value is -3.71. The van der Waals surface area contributed by atoms with Crippen LogP contribution in [-0.4, -0.2) is 61.4 Å². The number of benzene rings is 3. The van der Waals surface area contributed by atoms with Crippen LogP contribution >= 0.6 is 0 Å². The van der Waals surface area contributed by atoms with E-state index < -0.39 is 0 Å². The van der Waals surface area contributed by atoms with Gasteiger partial charge in [-0.3, -0.25) is 14.5 Å². The molecule has 5 rings (SSSR count). The van der Waals surface area contributed by atoms with Gasteiger partial charge in [-0.25, -0.2) is 5.01 Å². The molecule has 0 N–H and O–H groups in total. The van der Waals surface area contributed by atoms with Gasteiger partial charge in [0, 0.05) is 6.42 Å². The second kappa shape index (κ2) is 10.5. The maximum absolute atomic E-state index is 13.5. The van der Waals surface area contributed by atoms with Crippen molar-refractivity contribution in [2.24, 2.45) is 11.0 Å². The first-order valence-electron chi connectivity index (χ1n) is 12.4. The summed E-state index contributed by atoms with van der Waals surface area (Å²) in [6.45, 7) is 1.65. The molecule has 0 aliphatic carbocycles. The Balaban J connectivity index is 1.38. The minimum atomic E-state index is -0.183. The lowest BCUT2D eigenvalue weighted by Gasteiger charge is -2.31. The molecule has 2 aliphatic heterocycles. The number of piperidine rings is 1. The molecule has 1 saturated heterocycles. The molecular weight excluding hydrogens is 454 g/mol. The highest BCUT2D eigenvalue weighted by Crippen LogP contribution is 2.34. The van der Waals surface area contributed by atoms with Gasteiger partial charge in [-0.1, -0.05) is 48.5 Å². The molecule has 1 fully saturated rings. The predicted octanol–water partition coefficient (Wildman–Crippen LogP) is 4.41. The van der Waals surface area contributed by atoms with E-state index in [0.717, 1.165) is 28.0 Å². The fraction of sp³-hybridized carbons (Fsp3) is 0.345. The number of hydrogen-bond donors (Lipinski definition) is 0. The second-order valence-corrected chi connectivity index (χ2v) is 9.41. The largest absolute Gasteiger partial charge is 0.497 e. The molecule has 7 nitrogen and oxygen atoms in total. The summed E-state index contributed by atoms with van der Waals surface area (Å²) in [6, 6.07) is 22.2. The number of carbonyl (C=O) groups is 2. The van der Waals surface area contributed by atoms with Crippen molar-refractivity contribution in [1.29, 1.82) is 0 Å². The first-order chi connectivity index (χ1) is 17.6. The van der Waals surface area contributed by atoms with Gasteiger partial charge in [-0.05, 0) is 66.0 Å². The summed E-state index contributed by atoms with van der Waals surface area (Å²) in [5.41, 5.74) is 2.95. The number of fused-ring (bicyclic) bond motifs is 1. The lowest BCUT2D eigenvalue weighted by Crippen LogP contribution is -2.43. The minimum Gasteiger partial charge on any atom is -0.497 e. The van der Waals surface area contributed by atoms with Crippen LogP contribution in [0.25, 0.3) is 10.8 Å². The van der Waals surface area contributed by atoms with Crippen molar-refractivity contribution in [3.8, 4) is 5.75 Å². The molecule has 0 bridgehead atoms. The van der Waals surface area contributed by atoms with E-state index in [1.165, 1.54) is 12.5 Å².